The van der Waals surface area contributed by atoms with Gasteiger partial charge in [-0.1, -0.05) is 6.42 Å². The zero-order chi connectivity index (χ0) is 22.4. The Morgan fingerprint density at radius 3 is 2.79 bits per heavy atom. The lowest BCUT2D eigenvalue weighted by Crippen LogP contribution is -2.40. The monoisotopic (exact) mass is 465 g/mol. The van der Waals surface area contributed by atoms with Crippen LogP contribution in [-0.4, -0.2) is 21.7 Å². The number of benzene rings is 1. The summed E-state index contributed by atoms with van der Waals surface area (Å²) in [4.78, 5) is 34.9. The second-order valence-corrected chi connectivity index (χ2v) is 10.4. The molecule has 1 aromatic carbocycles. The Bertz CT molecular complexity index is 1290. The molecule has 8 heteroatoms. The van der Waals surface area contributed by atoms with E-state index in [1.807, 2.05) is 18.2 Å². The van der Waals surface area contributed by atoms with Gasteiger partial charge in [0.1, 0.15) is 10.7 Å². The average Bonchev–Trinajstić information content (AvgIpc) is 3.35. The van der Waals surface area contributed by atoms with Crippen LogP contribution in [0, 0.1) is 0 Å². The van der Waals surface area contributed by atoms with Crippen LogP contribution < -0.4 is 20.3 Å². The van der Waals surface area contributed by atoms with Gasteiger partial charge < -0.3 is 19.8 Å². The molecule has 3 aromatic rings. The van der Waals surface area contributed by atoms with Crippen LogP contribution in [0.4, 0.5) is 5.69 Å². The Morgan fingerprint density at radius 1 is 1.09 bits per heavy atom. The first-order valence-corrected chi connectivity index (χ1v) is 12.8. The topological polar surface area (TPSA) is 93.3 Å². The molecule has 0 saturated heterocycles. The number of hydrogen-bond donors (Lipinski definition) is 2. The van der Waals surface area contributed by atoms with Crippen molar-refractivity contribution in [1.82, 2.24) is 9.97 Å². The van der Waals surface area contributed by atoms with Gasteiger partial charge in [-0.15, -0.1) is 11.3 Å². The molecule has 3 aliphatic rings. The fourth-order valence-corrected chi connectivity index (χ4v) is 6.53. The zero-order valence-corrected chi connectivity index (χ0v) is 19.3. The molecule has 0 unspecified atom stereocenters. The van der Waals surface area contributed by atoms with Crippen LogP contribution in [0.1, 0.15) is 67.6 Å². The molecule has 33 heavy (non-hydrogen) atoms. The molecular weight excluding hydrogens is 438 g/mol. The van der Waals surface area contributed by atoms with Crippen LogP contribution in [-0.2, 0) is 24.1 Å². The highest BCUT2D eigenvalue weighted by molar-refractivity contribution is 7.18. The zero-order valence-electron chi connectivity index (χ0n) is 18.5. The van der Waals surface area contributed by atoms with Gasteiger partial charge in [-0.05, 0) is 56.2 Å². The SMILES string of the molecule is O=C(CCc1nc2sc3c(c2c(=O)[nH]1)CCCC3)Nc1ccc2c(c1)OC1(CCCCC1)O2. The van der Waals surface area contributed by atoms with Gasteiger partial charge in [-0.2, -0.15) is 0 Å². The van der Waals surface area contributed by atoms with Gasteiger partial charge in [0.2, 0.25) is 5.91 Å². The van der Waals surface area contributed by atoms with Crippen molar-refractivity contribution in [2.75, 3.05) is 5.32 Å². The van der Waals surface area contributed by atoms with E-state index in [2.05, 4.69) is 15.3 Å². The Morgan fingerprint density at radius 2 is 1.91 bits per heavy atom. The summed E-state index contributed by atoms with van der Waals surface area (Å²) >= 11 is 1.63. The predicted octanol–water partition coefficient (Wildman–Crippen LogP) is 4.87. The van der Waals surface area contributed by atoms with Gasteiger partial charge in [0.05, 0.1) is 5.39 Å². The standard InChI is InChI=1S/C25H27N3O4S/c29-21(26-15-8-9-17-18(14-15)32-25(31-17)12-4-1-5-13-25)11-10-20-27-23(30)22-16-6-2-3-7-19(16)33-24(22)28-20/h8-9,14H,1-7,10-13H2,(H,26,29)(H,27,28,30). The number of aromatic amines is 1. The third kappa shape index (κ3) is 3.90. The van der Waals surface area contributed by atoms with Gasteiger partial charge in [-0.3, -0.25) is 9.59 Å². The number of rotatable bonds is 4. The van der Waals surface area contributed by atoms with Crippen molar-refractivity contribution < 1.29 is 14.3 Å². The lowest BCUT2D eigenvalue weighted by molar-refractivity contribution is -0.116. The molecule has 1 saturated carbocycles. The van der Waals surface area contributed by atoms with Crippen LogP contribution in [0.2, 0.25) is 0 Å². The Hall–Kier alpha value is -2.87. The number of aryl methyl sites for hydroxylation is 3. The van der Waals surface area contributed by atoms with Crippen molar-refractivity contribution in [3.8, 4) is 11.5 Å². The van der Waals surface area contributed by atoms with Crippen LogP contribution in [0.3, 0.4) is 0 Å². The van der Waals surface area contributed by atoms with Crippen molar-refractivity contribution in [2.45, 2.75) is 76.4 Å². The summed E-state index contributed by atoms with van der Waals surface area (Å²) in [5, 5.41) is 3.68. The van der Waals surface area contributed by atoms with Crippen molar-refractivity contribution >= 4 is 33.1 Å². The maximum atomic E-state index is 12.7. The van der Waals surface area contributed by atoms with Gasteiger partial charge in [0.15, 0.2) is 11.5 Å². The fraction of sp³-hybridized carbons (Fsp3) is 0.480. The van der Waals surface area contributed by atoms with Crippen LogP contribution in [0.25, 0.3) is 10.2 Å². The molecule has 3 heterocycles. The van der Waals surface area contributed by atoms with E-state index in [-0.39, 0.29) is 17.9 Å². The van der Waals surface area contributed by atoms with Crippen molar-refractivity contribution in [2.24, 2.45) is 0 Å². The molecule has 2 aliphatic carbocycles. The van der Waals surface area contributed by atoms with Crippen LogP contribution >= 0.6 is 11.3 Å². The molecule has 1 fully saturated rings. The van der Waals surface area contributed by atoms with Gasteiger partial charge in [-0.25, -0.2) is 4.98 Å². The van der Waals surface area contributed by atoms with E-state index >= 15 is 0 Å². The summed E-state index contributed by atoms with van der Waals surface area (Å²) in [7, 11) is 0. The number of hydrogen-bond acceptors (Lipinski definition) is 6. The highest BCUT2D eigenvalue weighted by Crippen LogP contribution is 2.46. The molecule has 1 aliphatic heterocycles. The number of nitrogens with one attached hydrogen (secondary N) is 2. The van der Waals surface area contributed by atoms with Crippen LogP contribution in [0.5, 0.6) is 11.5 Å². The molecular formula is C25H27N3O4S. The van der Waals surface area contributed by atoms with Gasteiger partial charge in [0.25, 0.3) is 11.3 Å². The number of thiophene rings is 1. The van der Waals surface area contributed by atoms with Crippen molar-refractivity contribution in [3.63, 3.8) is 0 Å². The number of carbonyl (C=O) groups excluding carboxylic acids is 1. The minimum Gasteiger partial charge on any atom is -0.448 e. The van der Waals surface area contributed by atoms with E-state index in [1.54, 1.807) is 11.3 Å². The summed E-state index contributed by atoms with van der Waals surface area (Å²) in [5.74, 6) is 1.33. The minimum atomic E-state index is -0.527. The maximum absolute atomic E-state index is 12.7. The predicted molar refractivity (Wildman–Crippen MR) is 127 cm³/mol. The Kier molecular flexibility index (Phi) is 5.13. The summed E-state index contributed by atoms with van der Waals surface area (Å²) in [5.41, 5.74) is 1.78. The van der Waals surface area contributed by atoms with E-state index in [4.69, 9.17) is 9.47 Å². The number of anilines is 1. The normalized spacial score (nSPS) is 18.4. The smallest absolute Gasteiger partial charge is 0.259 e. The van der Waals surface area contributed by atoms with E-state index in [1.165, 1.54) is 23.3 Å². The lowest BCUT2D eigenvalue weighted by Gasteiger charge is -2.31. The Labute approximate surface area is 195 Å². The third-order valence-corrected chi connectivity index (χ3v) is 8.08. The third-order valence-electron chi connectivity index (χ3n) is 6.90. The fourth-order valence-electron chi connectivity index (χ4n) is 5.25. The summed E-state index contributed by atoms with van der Waals surface area (Å²) in [6.07, 6.45) is 10.1. The second kappa shape index (κ2) is 8.17. The molecule has 172 valence electrons. The highest BCUT2D eigenvalue weighted by atomic mass is 32.1. The van der Waals surface area contributed by atoms with E-state index in [9.17, 15) is 9.59 Å². The first kappa shape index (κ1) is 20.7. The van der Waals surface area contributed by atoms with E-state index in [0.29, 0.717) is 23.7 Å². The summed E-state index contributed by atoms with van der Waals surface area (Å²) in [6, 6.07) is 5.53. The second-order valence-electron chi connectivity index (χ2n) is 9.29. The Balaban J connectivity index is 1.11. The average molecular weight is 466 g/mol. The number of amides is 1. The number of nitrogens with zero attached hydrogens (tertiary/aromatic N) is 1. The quantitative estimate of drug-likeness (QED) is 0.574. The van der Waals surface area contributed by atoms with Gasteiger partial charge >= 0.3 is 0 Å². The summed E-state index contributed by atoms with van der Waals surface area (Å²) < 4.78 is 12.3. The largest absolute Gasteiger partial charge is 0.448 e. The van der Waals surface area contributed by atoms with Gasteiger partial charge in [0, 0.05) is 42.3 Å². The van der Waals surface area contributed by atoms with E-state index < -0.39 is 5.79 Å². The van der Waals surface area contributed by atoms with E-state index in [0.717, 1.165) is 60.9 Å². The summed E-state index contributed by atoms with van der Waals surface area (Å²) in [6.45, 7) is 0. The number of H-pyrrole nitrogens is 1. The van der Waals surface area contributed by atoms with Crippen LogP contribution in [0.15, 0.2) is 23.0 Å². The lowest BCUT2D eigenvalue weighted by atomic mass is 9.94. The van der Waals surface area contributed by atoms with Crippen molar-refractivity contribution in [3.05, 3.63) is 44.8 Å². The molecule has 0 radical (unpaired) electrons. The molecule has 6 rings (SSSR count). The number of aromatic nitrogens is 2. The first-order valence-electron chi connectivity index (χ1n) is 11.9. The van der Waals surface area contributed by atoms with Crippen molar-refractivity contribution in [1.29, 1.82) is 0 Å². The highest BCUT2D eigenvalue weighted by Gasteiger charge is 2.42. The minimum absolute atomic E-state index is 0.0813. The molecule has 7 nitrogen and oxygen atoms in total. The molecule has 1 amide bonds. The molecule has 2 N–H and O–H groups in total. The number of fused-ring (bicyclic) bond motifs is 4. The molecule has 0 bridgehead atoms. The molecule has 1 spiro atoms. The molecule has 0 atom stereocenters. The maximum Gasteiger partial charge on any atom is 0.259 e. The number of carbonyl (C=O) groups is 1. The number of ether oxygens (including phenoxy) is 2. The molecule has 2 aromatic heterocycles. The first-order chi connectivity index (χ1) is 16.1.